The lowest BCUT2D eigenvalue weighted by atomic mass is 9.86. The Labute approximate surface area is 121 Å². The van der Waals surface area contributed by atoms with Gasteiger partial charge >= 0.3 is 0 Å². The number of hydrogen-bond acceptors (Lipinski definition) is 2. The number of carbonyl (C=O) groups excluding carboxylic acids is 1. The average molecular weight is 272 g/mol. The summed E-state index contributed by atoms with van der Waals surface area (Å²) in [4.78, 5) is 14.8. The van der Waals surface area contributed by atoms with E-state index in [1.165, 1.54) is 12.8 Å². The molecule has 3 rings (SSSR count). The molecule has 0 bridgehead atoms. The van der Waals surface area contributed by atoms with E-state index in [0.717, 1.165) is 30.3 Å². The summed E-state index contributed by atoms with van der Waals surface area (Å²) in [7, 11) is 0. The van der Waals surface area contributed by atoms with Gasteiger partial charge in [0.15, 0.2) is 0 Å². The van der Waals surface area contributed by atoms with E-state index in [9.17, 15) is 4.79 Å². The van der Waals surface area contributed by atoms with E-state index in [4.69, 9.17) is 0 Å². The number of nitrogens with one attached hydrogen (secondary N) is 1. The quantitative estimate of drug-likeness (QED) is 0.894. The lowest BCUT2D eigenvalue weighted by Gasteiger charge is -2.26. The molecule has 1 aliphatic carbocycles. The van der Waals surface area contributed by atoms with E-state index >= 15 is 0 Å². The van der Waals surface area contributed by atoms with E-state index in [-0.39, 0.29) is 5.91 Å². The monoisotopic (exact) mass is 272 g/mol. The van der Waals surface area contributed by atoms with Gasteiger partial charge in [0, 0.05) is 18.3 Å². The zero-order valence-corrected chi connectivity index (χ0v) is 12.6. The van der Waals surface area contributed by atoms with E-state index in [0.29, 0.717) is 6.04 Å². The summed E-state index contributed by atoms with van der Waals surface area (Å²) in [6.07, 6.45) is 2.59. The largest absolute Gasteiger partial charge is 0.312 e. The molecular formula is C17H24N2O. The van der Waals surface area contributed by atoms with Crippen molar-refractivity contribution in [2.45, 2.75) is 45.1 Å². The van der Waals surface area contributed by atoms with E-state index in [1.54, 1.807) is 0 Å². The molecule has 20 heavy (non-hydrogen) atoms. The van der Waals surface area contributed by atoms with Gasteiger partial charge in [-0.25, -0.2) is 0 Å². The molecule has 3 heteroatoms. The molecule has 1 unspecified atom stereocenters. The predicted octanol–water partition coefficient (Wildman–Crippen LogP) is 2.70. The van der Waals surface area contributed by atoms with Crippen LogP contribution in [0.5, 0.6) is 0 Å². The third-order valence-corrected chi connectivity index (χ3v) is 4.68. The first-order chi connectivity index (χ1) is 9.55. The van der Waals surface area contributed by atoms with Gasteiger partial charge in [-0.3, -0.25) is 4.79 Å². The topological polar surface area (TPSA) is 32.3 Å². The second kappa shape index (κ2) is 4.88. The van der Waals surface area contributed by atoms with E-state index in [2.05, 4.69) is 24.4 Å². The summed E-state index contributed by atoms with van der Waals surface area (Å²) in [6, 6.07) is 8.66. The predicted molar refractivity (Wildman–Crippen MR) is 82.0 cm³/mol. The maximum Gasteiger partial charge on any atom is 0.237 e. The first-order valence-electron chi connectivity index (χ1n) is 7.70. The van der Waals surface area contributed by atoms with E-state index < -0.39 is 5.41 Å². The first kappa shape index (κ1) is 13.6. The average Bonchev–Trinajstić information content (AvgIpc) is 3.24. The third-order valence-electron chi connectivity index (χ3n) is 4.68. The van der Waals surface area contributed by atoms with Crippen LogP contribution in [0.3, 0.4) is 0 Å². The van der Waals surface area contributed by atoms with Gasteiger partial charge in [-0.2, -0.15) is 0 Å². The van der Waals surface area contributed by atoms with Crippen LogP contribution >= 0.6 is 0 Å². The Hall–Kier alpha value is -1.35. The molecule has 108 valence electrons. The number of benzene rings is 1. The lowest BCUT2D eigenvalue weighted by Crippen LogP contribution is -2.46. The molecule has 1 atom stereocenters. The third kappa shape index (κ3) is 2.14. The number of anilines is 1. The minimum absolute atomic E-state index is 0.238. The second-order valence-electron chi connectivity index (χ2n) is 6.56. The van der Waals surface area contributed by atoms with E-state index in [1.807, 2.05) is 30.9 Å². The number of fused-ring (bicyclic) bond motifs is 1. The summed E-state index contributed by atoms with van der Waals surface area (Å²) in [5.41, 5.74) is 1.87. The Balaban J connectivity index is 1.88. The van der Waals surface area contributed by atoms with Gasteiger partial charge in [-0.1, -0.05) is 25.1 Å². The van der Waals surface area contributed by atoms with Gasteiger partial charge < -0.3 is 10.2 Å². The summed E-state index contributed by atoms with van der Waals surface area (Å²) >= 11 is 0. The van der Waals surface area contributed by atoms with Gasteiger partial charge in [0.25, 0.3) is 0 Å². The summed E-state index contributed by atoms with van der Waals surface area (Å²) < 4.78 is 0. The molecule has 3 nitrogen and oxygen atoms in total. The maximum atomic E-state index is 12.8. The molecule has 0 spiro atoms. The highest BCUT2D eigenvalue weighted by Gasteiger charge is 2.45. The van der Waals surface area contributed by atoms with Crippen molar-refractivity contribution in [1.82, 2.24) is 5.32 Å². The highest BCUT2D eigenvalue weighted by atomic mass is 16.2. The highest BCUT2D eigenvalue weighted by Crippen LogP contribution is 2.42. The van der Waals surface area contributed by atoms with Crippen molar-refractivity contribution in [2.75, 3.05) is 18.0 Å². The molecular weight excluding hydrogens is 248 g/mol. The molecule has 0 saturated heterocycles. The van der Waals surface area contributed by atoms with Gasteiger partial charge in [-0.15, -0.1) is 0 Å². The molecule has 0 radical (unpaired) electrons. The van der Waals surface area contributed by atoms with Crippen molar-refractivity contribution < 1.29 is 4.79 Å². The van der Waals surface area contributed by atoms with Crippen LogP contribution in [-0.4, -0.2) is 25.0 Å². The molecule has 1 saturated carbocycles. The van der Waals surface area contributed by atoms with Gasteiger partial charge in [-0.05, 0) is 50.8 Å². The molecule has 1 aromatic rings. The molecule has 1 N–H and O–H groups in total. The van der Waals surface area contributed by atoms with Gasteiger partial charge in [0.05, 0.1) is 5.41 Å². The Morgan fingerprint density at radius 1 is 1.35 bits per heavy atom. The van der Waals surface area contributed by atoms with Crippen LogP contribution in [0.25, 0.3) is 0 Å². The molecule has 1 amide bonds. The number of carbonyl (C=O) groups is 1. The Morgan fingerprint density at radius 3 is 2.70 bits per heavy atom. The fraction of sp³-hybridized carbons (Fsp3) is 0.588. The highest BCUT2D eigenvalue weighted by molar-refractivity contribution is 6.07. The van der Waals surface area contributed by atoms with Crippen LogP contribution in [0.1, 0.15) is 39.2 Å². The SMILES string of the molecule is CCNC(CN1C(=O)C(C)(C)c2ccccc21)C1CC1. The Kier molecular flexibility index (Phi) is 3.33. The van der Waals surface area contributed by atoms with Crippen molar-refractivity contribution in [3.05, 3.63) is 29.8 Å². The zero-order chi connectivity index (χ0) is 14.3. The van der Waals surface area contributed by atoms with Crippen LogP contribution in [0.4, 0.5) is 5.69 Å². The van der Waals surface area contributed by atoms with Crippen molar-refractivity contribution in [1.29, 1.82) is 0 Å². The number of likely N-dealkylation sites (N-methyl/N-ethyl adjacent to an activating group) is 1. The number of nitrogens with zero attached hydrogens (tertiary/aromatic N) is 1. The normalized spacial score (nSPS) is 21.9. The van der Waals surface area contributed by atoms with Crippen LogP contribution in [-0.2, 0) is 10.2 Å². The second-order valence-corrected chi connectivity index (χ2v) is 6.56. The lowest BCUT2D eigenvalue weighted by molar-refractivity contribution is -0.122. The first-order valence-corrected chi connectivity index (χ1v) is 7.70. The summed E-state index contributed by atoms with van der Waals surface area (Å²) in [5.74, 6) is 0.987. The Morgan fingerprint density at radius 2 is 2.05 bits per heavy atom. The fourth-order valence-corrected chi connectivity index (χ4v) is 3.32. The summed E-state index contributed by atoms with van der Waals surface area (Å²) in [5, 5.41) is 3.56. The smallest absolute Gasteiger partial charge is 0.237 e. The number of amides is 1. The molecule has 1 aromatic carbocycles. The van der Waals surface area contributed by atoms with Crippen LogP contribution in [0, 0.1) is 5.92 Å². The molecule has 2 aliphatic rings. The van der Waals surface area contributed by atoms with Crippen molar-refractivity contribution >= 4 is 11.6 Å². The molecule has 1 heterocycles. The Bertz CT molecular complexity index is 519. The van der Waals surface area contributed by atoms with Gasteiger partial charge in [0.2, 0.25) is 5.91 Å². The van der Waals surface area contributed by atoms with Crippen molar-refractivity contribution in [3.8, 4) is 0 Å². The van der Waals surface area contributed by atoms with Crippen molar-refractivity contribution in [2.24, 2.45) is 5.92 Å². The number of hydrogen-bond donors (Lipinski definition) is 1. The summed E-state index contributed by atoms with van der Waals surface area (Å²) in [6.45, 7) is 7.98. The maximum absolute atomic E-state index is 12.8. The number of rotatable bonds is 5. The van der Waals surface area contributed by atoms with Gasteiger partial charge in [0.1, 0.15) is 0 Å². The van der Waals surface area contributed by atoms with Crippen molar-refractivity contribution in [3.63, 3.8) is 0 Å². The standard InChI is InChI=1S/C17H24N2O/c1-4-18-14(12-9-10-12)11-19-15-8-6-5-7-13(15)17(2,3)16(19)20/h5-8,12,14,18H,4,9-11H2,1-3H3. The molecule has 1 aliphatic heterocycles. The van der Waals surface area contributed by atoms with Crippen LogP contribution < -0.4 is 10.2 Å². The minimum Gasteiger partial charge on any atom is -0.312 e. The molecule has 1 fully saturated rings. The van der Waals surface area contributed by atoms with Crippen LogP contribution in [0.15, 0.2) is 24.3 Å². The minimum atomic E-state index is -0.392. The molecule has 0 aromatic heterocycles. The zero-order valence-electron chi connectivity index (χ0n) is 12.6. The fourth-order valence-electron chi connectivity index (χ4n) is 3.32. The number of para-hydroxylation sites is 1. The van der Waals surface area contributed by atoms with Crippen LogP contribution in [0.2, 0.25) is 0 Å².